The van der Waals surface area contributed by atoms with Crippen molar-refractivity contribution >= 4 is 0 Å². The highest BCUT2D eigenvalue weighted by atomic mass is 14.4. The highest BCUT2D eigenvalue weighted by Crippen LogP contribution is 2.44. The maximum atomic E-state index is 2.45. The summed E-state index contributed by atoms with van der Waals surface area (Å²) in [6.45, 7) is 12.0. The third-order valence-corrected chi connectivity index (χ3v) is 4.43. The molecule has 1 fully saturated rings. The van der Waals surface area contributed by atoms with Crippen LogP contribution in [0.1, 0.15) is 53.9 Å². The lowest BCUT2D eigenvalue weighted by atomic mass is 9.62. The van der Waals surface area contributed by atoms with Crippen LogP contribution in [0, 0.1) is 29.6 Å². The van der Waals surface area contributed by atoms with Crippen LogP contribution in [0.3, 0.4) is 0 Å². The third kappa shape index (κ3) is 2.27. The molecule has 0 heteroatoms. The van der Waals surface area contributed by atoms with Crippen molar-refractivity contribution in [2.75, 3.05) is 0 Å². The van der Waals surface area contributed by atoms with E-state index in [-0.39, 0.29) is 0 Å². The molecule has 1 aliphatic carbocycles. The van der Waals surface area contributed by atoms with E-state index < -0.39 is 0 Å². The van der Waals surface area contributed by atoms with Gasteiger partial charge in [-0.25, -0.2) is 0 Å². The van der Waals surface area contributed by atoms with E-state index in [9.17, 15) is 0 Å². The van der Waals surface area contributed by atoms with Crippen molar-refractivity contribution < 1.29 is 0 Å². The fourth-order valence-corrected chi connectivity index (χ4v) is 2.89. The van der Waals surface area contributed by atoms with Crippen molar-refractivity contribution in [1.82, 2.24) is 0 Å². The minimum absolute atomic E-state index is 0.859. The lowest BCUT2D eigenvalue weighted by molar-refractivity contribution is 0.0639. The van der Waals surface area contributed by atoms with Gasteiger partial charge in [0.15, 0.2) is 0 Å². The van der Waals surface area contributed by atoms with Gasteiger partial charge in [-0.3, -0.25) is 0 Å². The van der Waals surface area contributed by atoms with Gasteiger partial charge in [-0.05, 0) is 36.0 Å². The van der Waals surface area contributed by atoms with Crippen LogP contribution < -0.4 is 0 Å². The van der Waals surface area contributed by atoms with Gasteiger partial charge in [-0.2, -0.15) is 0 Å². The van der Waals surface area contributed by atoms with Crippen LogP contribution in [0.4, 0.5) is 0 Å². The molecule has 0 N–H and O–H groups in total. The Balaban J connectivity index is 2.51. The maximum Gasteiger partial charge on any atom is -0.0357 e. The first-order chi connectivity index (χ1) is 6.07. The molecule has 4 atom stereocenters. The lowest BCUT2D eigenvalue weighted by Gasteiger charge is -2.43. The summed E-state index contributed by atoms with van der Waals surface area (Å²) in [6, 6.07) is 0. The lowest BCUT2D eigenvalue weighted by Crippen LogP contribution is -2.35. The first-order valence-electron chi connectivity index (χ1n) is 6.07. The fourth-order valence-electron chi connectivity index (χ4n) is 2.89. The molecule has 0 radical (unpaired) electrons. The summed E-state index contributed by atoms with van der Waals surface area (Å²) in [4.78, 5) is 0. The summed E-state index contributed by atoms with van der Waals surface area (Å²) in [5.74, 6) is 4.81. The van der Waals surface area contributed by atoms with Crippen molar-refractivity contribution in [3.8, 4) is 0 Å². The summed E-state index contributed by atoms with van der Waals surface area (Å²) in [5.41, 5.74) is 0. The van der Waals surface area contributed by atoms with E-state index in [0.717, 1.165) is 29.6 Å². The molecule has 1 aliphatic rings. The van der Waals surface area contributed by atoms with Crippen molar-refractivity contribution in [2.45, 2.75) is 53.9 Å². The second kappa shape index (κ2) is 4.48. The predicted octanol–water partition coefficient (Wildman–Crippen LogP) is 4.35. The summed E-state index contributed by atoms with van der Waals surface area (Å²) in [6.07, 6.45) is 4.36. The molecule has 0 amide bonds. The fraction of sp³-hybridized carbons (Fsp3) is 1.00. The summed E-state index contributed by atoms with van der Waals surface area (Å²) >= 11 is 0. The van der Waals surface area contributed by atoms with E-state index >= 15 is 0 Å². The third-order valence-electron chi connectivity index (χ3n) is 4.43. The standard InChI is InChI=1S/C13H26/c1-6-12(11(5)9(2)3)13-8-7-10(13)4/h9-13H,6-8H2,1-5H3. The van der Waals surface area contributed by atoms with E-state index in [2.05, 4.69) is 34.6 Å². The second-order valence-electron chi connectivity index (χ2n) is 5.39. The Labute approximate surface area is 84.1 Å². The summed E-state index contributed by atoms with van der Waals surface area (Å²) in [7, 11) is 0. The van der Waals surface area contributed by atoms with Gasteiger partial charge in [0.05, 0.1) is 0 Å². The predicted molar refractivity (Wildman–Crippen MR) is 59.7 cm³/mol. The van der Waals surface area contributed by atoms with Crippen LogP contribution in [-0.4, -0.2) is 0 Å². The van der Waals surface area contributed by atoms with Crippen molar-refractivity contribution in [2.24, 2.45) is 29.6 Å². The van der Waals surface area contributed by atoms with Crippen molar-refractivity contribution in [3.63, 3.8) is 0 Å². The van der Waals surface area contributed by atoms with Gasteiger partial charge in [0.25, 0.3) is 0 Å². The molecule has 0 spiro atoms. The van der Waals surface area contributed by atoms with Crippen LogP contribution in [-0.2, 0) is 0 Å². The normalized spacial score (nSPS) is 32.8. The van der Waals surface area contributed by atoms with E-state index in [4.69, 9.17) is 0 Å². The maximum absolute atomic E-state index is 2.45. The SMILES string of the molecule is CCC(C(C)C(C)C)C1CCC1C. The van der Waals surface area contributed by atoms with Gasteiger partial charge in [0, 0.05) is 0 Å². The first-order valence-corrected chi connectivity index (χ1v) is 6.07. The Morgan fingerprint density at radius 2 is 1.77 bits per heavy atom. The van der Waals surface area contributed by atoms with Crippen LogP contribution in [0.15, 0.2) is 0 Å². The molecule has 0 heterocycles. The summed E-state index contributed by atoms with van der Waals surface area (Å²) in [5, 5.41) is 0. The Morgan fingerprint density at radius 3 is 2.00 bits per heavy atom. The molecule has 0 saturated heterocycles. The van der Waals surface area contributed by atoms with Crippen LogP contribution in [0.5, 0.6) is 0 Å². The molecule has 0 aromatic heterocycles. The molecule has 1 rings (SSSR count). The van der Waals surface area contributed by atoms with Gasteiger partial charge in [-0.15, -0.1) is 0 Å². The molecule has 0 nitrogen and oxygen atoms in total. The van der Waals surface area contributed by atoms with Crippen LogP contribution in [0.2, 0.25) is 0 Å². The highest BCUT2D eigenvalue weighted by Gasteiger charge is 2.36. The molecule has 0 aliphatic heterocycles. The zero-order chi connectivity index (χ0) is 10.0. The Kier molecular flexibility index (Phi) is 3.82. The first kappa shape index (κ1) is 11.1. The molecule has 0 aromatic rings. The number of hydrogen-bond donors (Lipinski definition) is 0. The molecule has 0 bridgehead atoms. The Morgan fingerprint density at radius 1 is 1.15 bits per heavy atom. The topological polar surface area (TPSA) is 0 Å². The quantitative estimate of drug-likeness (QED) is 0.606. The highest BCUT2D eigenvalue weighted by molar-refractivity contribution is 4.85. The average Bonchev–Trinajstić information content (AvgIpc) is 2.09. The van der Waals surface area contributed by atoms with E-state index in [1.807, 2.05) is 0 Å². The van der Waals surface area contributed by atoms with Gasteiger partial charge in [0.2, 0.25) is 0 Å². The largest absolute Gasteiger partial charge is 0.0651 e. The molecule has 13 heavy (non-hydrogen) atoms. The zero-order valence-electron chi connectivity index (χ0n) is 10.0. The molecule has 0 aromatic carbocycles. The second-order valence-corrected chi connectivity index (χ2v) is 5.39. The molecule has 1 saturated carbocycles. The molecule has 78 valence electrons. The minimum atomic E-state index is 0.859. The molecular weight excluding hydrogens is 156 g/mol. The number of hydrogen-bond acceptors (Lipinski definition) is 0. The monoisotopic (exact) mass is 182 g/mol. The molecule has 4 unspecified atom stereocenters. The van der Waals surface area contributed by atoms with Crippen LogP contribution in [0.25, 0.3) is 0 Å². The van der Waals surface area contributed by atoms with Gasteiger partial charge >= 0.3 is 0 Å². The summed E-state index contributed by atoms with van der Waals surface area (Å²) < 4.78 is 0. The van der Waals surface area contributed by atoms with Crippen molar-refractivity contribution in [1.29, 1.82) is 0 Å². The average molecular weight is 182 g/mol. The molecular formula is C13H26. The van der Waals surface area contributed by atoms with Gasteiger partial charge in [0.1, 0.15) is 0 Å². The van der Waals surface area contributed by atoms with E-state index in [1.54, 1.807) is 0 Å². The van der Waals surface area contributed by atoms with E-state index in [1.165, 1.54) is 19.3 Å². The number of rotatable bonds is 4. The Bertz CT molecular complexity index is 141. The van der Waals surface area contributed by atoms with Gasteiger partial charge < -0.3 is 0 Å². The van der Waals surface area contributed by atoms with Gasteiger partial charge in [-0.1, -0.05) is 47.5 Å². The minimum Gasteiger partial charge on any atom is -0.0651 e. The van der Waals surface area contributed by atoms with Crippen LogP contribution >= 0.6 is 0 Å². The zero-order valence-corrected chi connectivity index (χ0v) is 10.0. The smallest absolute Gasteiger partial charge is 0.0357 e. The van der Waals surface area contributed by atoms with E-state index in [0.29, 0.717) is 0 Å². The Hall–Kier alpha value is 0. The van der Waals surface area contributed by atoms with Crippen molar-refractivity contribution in [3.05, 3.63) is 0 Å².